The van der Waals surface area contributed by atoms with Crippen LogP contribution in [-0.4, -0.2) is 12.0 Å². The van der Waals surface area contributed by atoms with Gasteiger partial charge < -0.3 is 5.32 Å². The number of nitrogens with one attached hydrogen (secondary N) is 1. The molecule has 1 N–H and O–H groups in total. The lowest BCUT2D eigenvalue weighted by molar-refractivity contribution is 0.449. The second kappa shape index (κ2) is 5.07. The molecule has 0 spiro atoms. The van der Waals surface area contributed by atoms with E-state index < -0.39 is 17.5 Å². The fourth-order valence-corrected chi connectivity index (χ4v) is 2.38. The highest BCUT2D eigenvalue weighted by Crippen LogP contribution is 2.30. The Morgan fingerprint density at radius 1 is 1.22 bits per heavy atom. The Morgan fingerprint density at radius 3 is 2.61 bits per heavy atom. The molecule has 1 unspecified atom stereocenters. The minimum absolute atomic E-state index is 0.0170. The third kappa shape index (κ3) is 2.26. The van der Waals surface area contributed by atoms with Gasteiger partial charge in [0.25, 0.3) is 0 Å². The predicted octanol–water partition coefficient (Wildman–Crippen LogP) is 3.51. The highest BCUT2D eigenvalue weighted by atomic mass is 32.1. The number of hydrogen-bond donors (Lipinski definition) is 1. The van der Waals surface area contributed by atoms with Gasteiger partial charge in [-0.05, 0) is 26.1 Å². The average molecular weight is 272 g/mol. The summed E-state index contributed by atoms with van der Waals surface area (Å²) in [4.78, 5) is 4.21. The van der Waals surface area contributed by atoms with Crippen molar-refractivity contribution >= 4 is 11.3 Å². The zero-order chi connectivity index (χ0) is 13.3. The van der Waals surface area contributed by atoms with E-state index in [1.54, 1.807) is 12.4 Å². The van der Waals surface area contributed by atoms with E-state index >= 15 is 0 Å². The molecule has 0 fully saturated rings. The molecule has 6 heteroatoms. The molecule has 1 aromatic carbocycles. The molecule has 0 bridgehead atoms. The maximum Gasteiger partial charge on any atom is 0.195 e. The van der Waals surface area contributed by atoms with Crippen molar-refractivity contribution in [3.8, 4) is 10.6 Å². The smallest absolute Gasteiger partial charge is 0.195 e. The summed E-state index contributed by atoms with van der Waals surface area (Å²) < 4.78 is 39.5. The molecule has 2 nitrogen and oxygen atoms in total. The molecule has 0 saturated heterocycles. The van der Waals surface area contributed by atoms with E-state index in [1.807, 2.05) is 6.92 Å². The molecule has 2 aromatic rings. The van der Waals surface area contributed by atoms with E-state index in [2.05, 4.69) is 10.3 Å². The van der Waals surface area contributed by atoms with E-state index in [1.165, 1.54) is 17.4 Å². The molecule has 1 heterocycles. The number of thiazole rings is 1. The van der Waals surface area contributed by atoms with Crippen LogP contribution in [0.2, 0.25) is 0 Å². The van der Waals surface area contributed by atoms with Gasteiger partial charge in [0, 0.05) is 17.0 Å². The number of benzene rings is 1. The summed E-state index contributed by atoms with van der Waals surface area (Å²) in [6.45, 7) is 1.90. The van der Waals surface area contributed by atoms with Crippen molar-refractivity contribution in [2.75, 3.05) is 7.05 Å². The summed E-state index contributed by atoms with van der Waals surface area (Å²) >= 11 is 1.19. The van der Waals surface area contributed by atoms with Crippen LogP contribution in [0.15, 0.2) is 17.5 Å². The third-order valence-electron chi connectivity index (χ3n) is 2.66. The minimum Gasteiger partial charge on any atom is -0.312 e. The van der Waals surface area contributed by atoms with Crippen molar-refractivity contribution in [2.45, 2.75) is 13.0 Å². The van der Waals surface area contributed by atoms with Crippen molar-refractivity contribution in [2.24, 2.45) is 0 Å². The Kier molecular flexibility index (Phi) is 3.68. The van der Waals surface area contributed by atoms with Crippen molar-refractivity contribution in [1.29, 1.82) is 0 Å². The first-order valence-corrected chi connectivity index (χ1v) is 6.19. The Balaban J connectivity index is 2.43. The molecule has 96 valence electrons. The Hall–Kier alpha value is -1.40. The van der Waals surface area contributed by atoms with Crippen LogP contribution in [0.3, 0.4) is 0 Å². The Labute approximate surface area is 106 Å². The molecule has 2 rings (SSSR count). The van der Waals surface area contributed by atoms with Gasteiger partial charge in [-0.2, -0.15) is 0 Å². The first-order chi connectivity index (χ1) is 8.54. The molecule has 0 aliphatic heterocycles. The summed E-state index contributed by atoms with van der Waals surface area (Å²) in [5.41, 5.74) is 0.718. The molecule has 0 amide bonds. The molecular weight excluding hydrogens is 261 g/mol. The number of hydrogen-bond acceptors (Lipinski definition) is 3. The highest BCUT2D eigenvalue weighted by Gasteiger charge is 2.17. The Morgan fingerprint density at radius 2 is 1.94 bits per heavy atom. The quantitative estimate of drug-likeness (QED) is 0.865. The first kappa shape index (κ1) is 13.0. The van der Waals surface area contributed by atoms with Gasteiger partial charge in [-0.25, -0.2) is 18.2 Å². The molecule has 0 aliphatic rings. The maximum absolute atomic E-state index is 13.6. The van der Waals surface area contributed by atoms with Crippen LogP contribution in [0, 0.1) is 17.5 Å². The van der Waals surface area contributed by atoms with Crippen LogP contribution in [0.4, 0.5) is 13.2 Å². The topological polar surface area (TPSA) is 24.9 Å². The van der Waals surface area contributed by atoms with Crippen LogP contribution in [0.25, 0.3) is 10.6 Å². The van der Waals surface area contributed by atoms with Gasteiger partial charge in [0.2, 0.25) is 0 Å². The van der Waals surface area contributed by atoms with Gasteiger partial charge in [0.15, 0.2) is 17.5 Å². The predicted molar refractivity (Wildman–Crippen MR) is 64.9 cm³/mol. The normalized spacial score (nSPS) is 12.7. The van der Waals surface area contributed by atoms with Crippen molar-refractivity contribution in [1.82, 2.24) is 10.3 Å². The fraction of sp³-hybridized carbons (Fsp3) is 0.250. The minimum atomic E-state index is -1.47. The van der Waals surface area contributed by atoms with E-state index in [-0.39, 0.29) is 11.6 Å². The second-order valence-corrected chi connectivity index (χ2v) is 4.67. The van der Waals surface area contributed by atoms with Gasteiger partial charge >= 0.3 is 0 Å². The highest BCUT2D eigenvalue weighted by molar-refractivity contribution is 7.13. The van der Waals surface area contributed by atoms with Crippen molar-refractivity contribution in [3.05, 3.63) is 40.7 Å². The molecule has 1 aromatic heterocycles. The largest absolute Gasteiger partial charge is 0.312 e. The SMILES string of the molecule is CNC(C)c1csc(-c2ccc(F)c(F)c2F)n1. The van der Waals surface area contributed by atoms with Crippen molar-refractivity contribution < 1.29 is 13.2 Å². The monoisotopic (exact) mass is 272 g/mol. The average Bonchev–Trinajstić information content (AvgIpc) is 2.84. The van der Waals surface area contributed by atoms with E-state index in [4.69, 9.17) is 0 Å². The van der Waals surface area contributed by atoms with Crippen LogP contribution >= 0.6 is 11.3 Å². The van der Waals surface area contributed by atoms with Crippen LogP contribution < -0.4 is 5.32 Å². The van der Waals surface area contributed by atoms with Gasteiger partial charge in [-0.1, -0.05) is 0 Å². The summed E-state index contributed by atoms with van der Waals surface area (Å²) in [5, 5.41) is 5.10. The Bertz CT molecular complexity index is 568. The van der Waals surface area contributed by atoms with E-state index in [0.29, 0.717) is 5.01 Å². The fourth-order valence-electron chi connectivity index (χ4n) is 1.45. The maximum atomic E-state index is 13.6. The standard InChI is InChI=1S/C12H11F3N2S/c1-6(16-2)9-5-18-12(17-9)7-3-4-8(13)11(15)10(7)14/h3-6,16H,1-2H3. The third-order valence-corrected chi connectivity index (χ3v) is 3.56. The van der Waals surface area contributed by atoms with Gasteiger partial charge in [-0.15, -0.1) is 11.3 Å². The van der Waals surface area contributed by atoms with Crippen LogP contribution in [-0.2, 0) is 0 Å². The van der Waals surface area contributed by atoms with Gasteiger partial charge in [0.1, 0.15) is 5.01 Å². The summed E-state index contributed by atoms with van der Waals surface area (Å²) in [7, 11) is 1.78. The lowest BCUT2D eigenvalue weighted by Gasteiger charge is -2.05. The second-order valence-electron chi connectivity index (χ2n) is 3.81. The number of aromatic nitrogens is 1. The molecule has 1 atom stereocenters. The van der Waals surface area contributed by atoms with E-state index in [9.17, 15) is 13.2 Å². The summed E-state index contributed by atoms with van der Waals surface area (Å²) in [6.07, 6.45) is 0. The zero-order valence-corrected chi connectivity index (χ0v) is 10.6. The number of nitrogens with zero attached hydrogens (tertiary/aromatic N) is 1. The van der Waals surface area contributed by atoms with Gasteiger partial charge in [0.05, 0.1) is 5.69 Å². The van der Waals surface area contributed by atoms with Gasteiger partial charge in [-0.3, -0.25) is 0 Å². The van der Waals surface area contributed by atoms with E-state index in [0.717, 1.165) is 11.8 Å². The van der Waals surface area contributed by atoms with Crippen LogP contribution in [0.5, 0.6) is 0 Å². The number of rotatable bonds is 3. The lowest BCUT2D eigenvalue weighted by Crippen LogP contribution is -2.12. The molecule has 0 aliphatic carbocycles. The lowest BCUT2D eigenvalue weighted by atomic mass is 10.2. The molecule has 0 radical (unpaired) electrons. The first-order valence-electron chi connectivity index (χ1n) is 5.31. The molecular formula is C12H11F3N2S. The molecule has 0 saturated carbocycles. The number of halogens is 3. The summed E-state index contributed by atoms with van der Waals surface area (Å²) in [5.74, 6) is -3.87. The summed E-state index contributed by atoms with van der Waals surface area (Å²) in [6, 6.07) is 2.11. The van der Waals surface area contributed by atoms with Crippen molar-refractivity contribution in [3.63, 3.8) is 0 Å². The zero-order valence-electron chi connectivity index (χ0n) is 9.80. The molecule has 18 heavy (non-hydrogen) atoms. The van der Waals surface area contributed by atoms with Crippen LogP contribution in [0.1, 0.15) is 18.7 Å².